The predicted octanol–water partition coefficient (Wildman–Crippen LogP) is 4.00. The lowest BCUT2D eigenvalue weighted by atomic mass is 9.75. The molecule has 1 aliphatic rings. The highest BCUT2D eigenvalue weighted by molar-refractivity contribution is 4.86. The van der Waals surface area contributed by atoms with E-state index in [9.17, 15) is 0 Å². The molecule has 0 aromatic heterocycles. The third-order valence-corrected chi connectivity index (χ3v) is 4.47. The lowest BCUT2D eigenvalue weighted by Gasteiger charge is -2.37. The molecule has 1 fully saturated rings. The summed E-state index contributed by atoms with van der Waals surface area (Å²) in [6.07, 6.45) is 8.54. The van der Waals surface area contributed by atoms with Crippen LogP contribution < -0.4 is 5.32 Å². The van der Waals surface area contributed by atoms with Crippen molar-refractivity contribution in [3.63, 3.8) is 0 Å². The van der Waals surface area contributed by atoms with E-state index in [1.807, 2.05) is 0 Å². The van der Waals surface area contributed by atoms with Crippen LogP contribution in [0.4, 0.5) is 0 Å². The molecule has 0 bridgehead atoms. The van der Waals surface area contributed by atoms with Gasteiger partial charge >= 0.3 is 0 Å². The van der Waals surface area contributed by atoms with Crippen molar-refractivity contribution in [3.05, 3.63) is 0 Å². The van der Waals surface area contributed by atoms with Gasteiger partial charge in [0, 0.05) is 12.6 Å². The fourth-order valence-electron chi connectivity index (χ4n) is 3.42. The third-order valence-electron chi connectivity index (χ3n) is 4.47. The second-order valence-corrected chi connectivity index (χ2v) is 5.84. The summed E-state index contributed by atoms with van der Waals surface area (Å²) in [4.78, 5) is 0. The summed E-state index contributed by atoms with van der Waals surface area (Å²) >= 11 is 0. The van der Waals surface area contributed by atoms with Crippen LogP contribution in [0.15, 0.2) is 0 Å². The van der Waals surface area contributed by atoms with Crippen LogP contribution in [0.5, 0.6) is 0 Å². The van der Waals surface area contributed by atoms with Crippen molar-refractivity contribution in [1.29, 1.82) is 0 Å². The minimum Gasteiger partial charge on any atom is -0.377 e. The molecule has 4 unspecified atom stereocenters. The van der Waals surface area contributed by atoms with Crippen LogP contribution in [0.2, 0.25) is 0 Å². The molecule has 0 aromatic carbocycles. The lowest BCUT2D eigenvalue weighted by molar-refractivity contribution is 0.0190. The zero-order valence-electron chi connectivity index (χ0n) is 12.9. The second kappa shape index (κ2) is 8.92. The van der Waals surface area contributed by atoms with Crippen molar-refractivity contribution in [2.24, 2.45) is 11.8 Å². The van der Waals surface area contributed by atoms with Crippen molar-refractivity contribution < 1.29 is 4.74 Å². The van der Waals surface area contributed by atoms with Gasteiger partial charge in [-0.05, 0) is 51.5 Å². The van der Waals surface area contributed by atoms with Gasteiger partial charge in [0.1, 0.15) is 0 Å². The predicted molar refractivity (Wildman–Crippen MR) is 78.9 cm³/mol. The van der Waals surface area contributed by atoms with Gasteiger partial charge in [0.15, 0.2) is 0 Å². The van der Waals surface area contributed by atoms with Gasteiger partial charge in [-0.15, -0.1) is 0 Å². The van der Waals surface area contributed by atoms with Crippen LogP contribution >= 0.6 is 0 Å². The van der Waals surface area contributed by atoms with Gasteiger partial charge in [-0.2, -0.15) is 0 Å². The van der Waals surface area contributed by atoms with Crippen molar-refractivity contribution in [3.8, 4) is 0 Å². The molecule has 0 heterocycles. The molecular formula is C16H33NO. The highest BCUT2D eigenvalue weighted by Gasteiger charge is 2.30. The molecule has 0 spiro atoms. The molecule has 2 nitrogen and oxygen atoms in total. The van der Waals surface area contributed by atoms with E-state index in [1.165, 1.54) is 38.5 Å². The Balaban J connectivity index is 2.56. The molecule has 2 heteroatoms. The molecule has 1 N–H and O–H groups in total. The molecule has 0 aliphatic heterocycles. The first-order valence-electron chi connectivity index (χ1n) is 8.07. The number of rotatable bonds is 8. The maximum atomic E-state index is 5.86. The van der Waals surface area contributed by atoms with Crippen molar-refractivity contribution in [1.82, 2.24) is 5.32 Å². The Morgan fingerprint density at radius 1 is 1.22 bits per heavy atom. The average molecular weight is 255 g/mol. The summed E-state index contributed by atoms with van der Waals surface area (Å²) in [7, 11) is 0. The number of hydrogen-bond donors (Lipinski definition) is 1. The maximum Gasteiger partial charge on any atom is 0.0702 e. The first-order chi connectivity index (χ1) is 8.72. The van der Waals surface area contributed by atoms with Crippen LogP contribution in [0, 0.1) is 11.8 Å². The molecule has 1 rings (SSSR count). The molecule has 1 aliphatic carbocycles. The first-order valence-corrected chi connectivity index (χ1v) is 8.07. The van der Waals surface area contributed by atoms with Crippen LogP contribution in [-0.4, -0.2) is 25.3 Å². The van der Waals surface area contributed by atoms with E-state index in [0.29, 0.717) is 12.1 Å². The smallest absolute Gasteiger partial charge is 0.0702 e. The Morgan fingerprint density at radius 3 is 2.61 bits per heavy atom. The molecule has 4 atom stereocenters. The summed E-state index contributed by atoms with van der Waals surface area (Å²) in [5, 5.41) is 3.74. The van der Waals surface area contributed by atoms with E-state index in [0.717, 1.165) is 25.0 Å². The van der Waals surface area contributed by atoms with Gasteiger partial charge in [0.25, 0.3) is 0 Å². The molecular weight excluding hydrogens is 222 g/mol. The van der Waals surface area contributed by atoms with Crippen molar-refractivity contribution >= 4 is 0 Å². The normalized spacial score (nSPS) is 28.0. The van der Waals surface area contributed by atoms with E-state index in [2.05, 4.69) is 33.0 Å². The quantitative estimate of drug-likeness (QED) is 0.708. The summed E-state index contributed by atoms with van der Waals surface area (Å²) in [5.74, 6) is 1.76. The van der Waals surface area contributed by atoms with Gasteiger partial charge in [0.05, 0.1) is 6.10 Å². The third kappa shape index (κ3) is 4.89. The molecule has 0 aromatic rings. The van der Waals surface area contributed by atoms with Gasteiger partial charge < -0.3 is 10.1 Å². The van der Waals surface area contributed by atoms with Crippen LogP contribution in [0.3, 0.4) is 0 Å². The number of nitrogens with one attached hydrogen (secondary N) is 1. The molecule has 0 radical (unpaired) electrons. The Bertz CT molecular complexity index is 207. The van der Waals surface area contributed by atoms with Gasteiger partial charge in [-0.3, -0.25) is 0 Å². The van der Waals surface area contributed by atoms with E-state index in [4.69, 9.17) is 4.74 Å². The lowest BCUT2D eigenvalue weighted by Crippen LogP contribution is -2.47. The molecule has 0 saturated heterocycles. The van der Waals surface area contributed by atoms with E-state index < -0.39 is 0 Å². The second-order valence-electron chi connectivity index (χ2n) is 5.84. The van der Waals surface area contributed by atoms with E-state index in [1.54, 1.807) is 0 Å². The minimum absolute atomic E-state index is 0.349. The Kier molecular flexibility index (Phi) is 7.92. The summed E-state index contributed by atoms with van der Waals surface area (Å²) in [6.45, 7) is 10.9. The summed E-state index contributed by atoms with van der Waals surface area (Å²) in [6, 6.07) is 0.555. The minimum atomic E-state index is 0.349. The highest BCUT2D eigenvalue weighted by atomic mass is 16.5. The van der Waals surface area contributed by atoms with Crippen molar-refractivity contribution in [2.45, 2.75) is 78.4 Å². The van der Waals surface area contributed by atoms with Gasteiger partial charge in [-0.25, -0.2) is 0 Å². The Morgan fingerprint density at radius 2 is 2.00 bits per heavy atom. The van der Waals surface area contributed by atoms with Crippen LogP contribution in [0.1, 0.15) is 66.2 Å². The fraction of sp³-hybridized carbons (Fsp3) is 1.00. The van der Waals surface area contributed by atoms with Gasteiger partial charge in [0.2, 0.25) is 0 Å². The molecule has 0 amide bonds. The highest BCUT2D eigenvalue weighted by Crippen LogP contribution is 2.34. The van der Waals surface area contributed by atoms with E-state index in [-0.39, 0.29) is 0 Å². The largest absolute Gasteiger partial charge is 0.377 e. The topological polar surface area (TPSA) is 21.3 Å². The fourth-order valence-corrected chi connectivity index (χ4v) is 3.42. The van der Waals surface area contributed by atoms with Crippen LogP contribution in [0.25, 0.3) is 0 Å². The van der Waals surface area contributed by atoms with Gasteiger partial charge in [-0.1, -0.05) is 33.1 Å². The SMILES string of the molecule is CCCNC(C1CCCC(CC)C1)C(C)OCC. The maximum absolute atomic E-state index is 5.86. The van der Waals surface area contributed by atoms with E-state index >= 15 is 0 Å². The molecule has 108 valence electrons. The summed E-state index contributed by atoms with van der Waals surface area (Å²) in [5.41, 5.74) is 0. The molecule has 18 heavy (non-hydrogen) atoms. The van der Waals surface area contributed by atoms with Crippen LogP contribution in [-0.2, 0) is 4.74 Å². The summed E-state index contributed by atoms with van der Waals surface area (Å²) < 4.78 is 5.86. The number of hydrogen-bond acceptors (Lipinski definition) is 2. The average Bonchev–Trinajstić information content (AvgIpc) is 2.40. The molecule has 1 saturated carbocycles. The monoisotopic (exact) mass is 255 g/mol. The zero-order valence-corrected chi connectivity index (χ0v) is 12.9. The number of ether oxygens (including phenoxy) is 1. The zero-order chi connectivity index (χ0) is 13.4. The Labute approximate surface area is 114 Å². The Hall–Kier alpha value is -0.0800. The standard InChI is InChI=1S/C16H33NO/c1-5-11-17-16(13(4)18-7-3)15-10-8-9-14(6-2)12-15/h13-17H,5-12H2,1-4H3. The first kappa shape index (κ1) is 16.0. The van der Waals surface area contributed by atoms with Crippen molar-refractivity contribution in [2.75, 3.05) is 13.2 Å².